The summed E-state index contributed by atoms with van der Waals surface area (Å²) in [5, 5.41) is 3.11. The largest absolute Gasteiger partial charge is 0.509 e. The van der Waals surface area contributed by atoms with E-state index in [1.54, 1.807) is 4.90 Å². The van der Waals surface area contributed by atoms with Gasteiger partial charge in [0.2, 0.25) is 0 Å². The van der Waals surface area contributed by atoms with E-state index in [0.29, 0.717) is 32.5 Å². The summed E-state index contributed by atoms with van der Waals surface area (Å²) in [5.74, 6) is 0.844. The Hall–Kier alpha value is -2.44. The Kier molecular flexibility index (Phi) is 6.08. The molecule has 2 heterocycles. The van der Waals surface area contributed by atoms with Gasteiger partial charge in [0.05, 0.1) is 12.6 Å². The second-order valence-electron chi connectivity index (χ2n) is 7.14. The van der Waals surface area contributed by atoms with Gasteiger partial charge in [0.1, 0.15) is 12.4 Å². The van der Waals surface area contributed by atoms with Crippen LogP contribution < -0.4 is 10.1 Å². The number of hydrogen-bond acceptors (Lipinski definition) is 5. The maximum absolute atomic E-state index is 12.7. The van der Waals surface area contributed by atoms with E-state index in [2.05, 4.69) is 12.2 Å². The number of rotatable bonds is 6. The van der Waals surface area contributed by atoms with E-state index < -0.39 is 11.8 Å². The van der Waals surface area contributed by atoms with Gasteiger partial charge in [-0.05, 0) is 30.5 Å². The zero-order valence-electron chi connectivity index (χ0n) is 16.0. The van der Waals surface area contributed by atoms with Crippen molar-refractivity contribution >= 4 is 12.2 Å². The smallest absolute Gasteiger partial charge is 0.494 e. The van der Waals surface area contributed by atoms with Crippen molar-refractivity contribution in [2.75, 3.05) is 26.3 Å². The monoisotopic (exact) mass is 376 g/mol. The number of carbonyl (C=O) groups is 2. The minimum atomic E-state index is -0.606. The van der Waals surface area contributed by atoms with Gasteiger partial charge in [-0.25, -0.2) is 9.59 Å². The molecule has 1 N–H and O–H groups in total. The fraction of sp³-hybridized carbons (Fsp3) is 0.600. The van der Waals surface area contributed by atoms with Crippen molar-refractivity contribution in [3.63, 3.8) is 0 Å². The molecule has 0 aromatic heterocycles. The van der Waals surface area contributed by atoms with Crippen molar-refractivity contribution < 1.29 is 23.8 Å². The molecule has 0 saturated carbocycles. The van der Waals surface area contributed by atoms with Gasteiger partial charge in [-0.1, -0.05) is 26.0 Å². The molecule has 2 aliphatic heterocycles. The molecule has 1 atom stereocenters. The van der Waals surface area contributed by atoms with Gasteiger partial charge in [0, 0.05) is 25.9 Å². The predicted molar refractivity (Wildman–Crippen MR) is 99.8 cm³/mol. The quantitative estimate of drug-likeness (QED) is 0.767. The number of cyclic esters (lactones) is 1. The summed E-state index contributed by atoms with van der Waals surface area (Å²) in [7, 11) is 0. The van der Waals surface area contributed by atoms with Crippen LogP contribution in [0, 0.1) is 0 Å². The lowest BCUT2D eigenvalue weighted by Crippen LogP contribution is -2.51. The van der Waals surface area contributed by atoms with Crippen molar-refractivity contribution in [3.05, 3.63) is 29.8 Å². The molecule has 0 aliphatic carbocycles. The van der Waals surface area contributed by atoms with E-state index in [-0.39, 0.29) is 18.7 Å². The number of nitrogens with one attached hydrogen (secondary N) is 1. The molecule has 2 amide bonds. The average molecular weight is 376 g/mol. The van der Waals surface area contributed by atoms with Crippen molar-refractivity contribution in [3.8, 4) is 5.75 Å². The first-order valence-corrected chi connectivity index (χ1v) is 9.69. The molecule has 148 valence electrons. The number of hydrogen-bond donors (Lipinski definition) is 1. The van der Waals surface area contributed by atoms with E-state index in [0.717, 1.165) is 24.2 Å². The summed E-state index contributed by atoms with van der Waals surface area (Å²) in [6.45, 7) is 6.19. The highest BCUT2D eigenvalue weighted by atomic mass is 16.8. The number of carbonyl (C=O) groups excluding carboxylic acids is 2. The van der Waals surface area contributed by atoms with Crippen LogP contribution in [0.1, 0.15) is 51.1 Å². The normalized spacial score (nSPS) is 19.3. The number of amides is 2. The first kappa shape index (κ1) is 19.3. The lowest BCUT2D eigenvalue weighted by molar-refractivity contribution is 0.00911. The maximum atomic E-state index is 12.7. The fourth-order valence-electron chi connectivity index (χ4n) is 3.47. The van der Waals surface area contributed by atoms with E-state index >= 15 is 0 Å². The number of nitrogens with zero attached hydrogens (tertiary/aromatic N) is 1. The molecule has 7 nitrogen and oxygen atoms in total. The highest BCUT2D eigenvalue weighted by Crippen LogP contribution is 2.32. The first-order valence-electron chi connectivity index (χ1n) is 9.69. The highest BCUT2D eigenvalue weighted by molar-refractivity contribution is 5.75. The third kappa shape index (κ3) is 4.64. The van der Waals surface area contributed by atoms with Gasteiger partial charge in [-0.15, -0.1) is 0 Å². The average Bonchev–Trinajstić information content (AvgIpc) is 3.05. The van der Waals surface area contributed by atoms with Gasteiger partial charge in [-0.2, -0.15) is 0 Å². The minimum Gasteiger partial charge on any atom is -0.494 e. The summed E-state index contributed by atoms with van der Waals surface area (Å²) in [6, 6.07) is 7.74. The second kappa shape index (κ2) is 8.50. The topological polar surface area (TPSA) is 77.1 Å². The molecule has 0 radical (unpaired) electrons. The molecule has 0 unspecified atom stereocenters. The Bertz CT molecular complexity index is 653. The Morgan fingerprint density at radius 3 is 2.52 bits per heavy atom. The van der Waals surface area contributed by atoms with Crippen LogP contribution in [0.3, 0.4) is 0 Å². The van der Waals surface area contributed by atoms with Crippen molar-refractivity contribution in [1.82, 2.24) is 10.2 Å². The van der Waals surface area contributed by atoms with Gasteiger partial charge in [0.25, 0.3) is 0 Å². The molecule has 3 rings (SSSR count). The summed E-state index contributed by atoms with van der Waals surface area (Å²) in [6.07, 6.45) is 2.37. The van der Waals surface area contributed by atoms with Crippen LogP contribution in [0.15, 0.2) is 24.3 Å². The minimum absolute atomic E-state index is 0.0544. The lowest BCUT2D eigenvalue weighted by Gasteiger charge is -2.36. The molecule has 27 heavy (non-hydrogen) atoms. The lowest BCUT2D eigenvalue weighted by atomic mass is 9.92. The number of piperidine rings is 1. The van der Waals surface area contributed by atoms with Gasteiger partial charge >= 0.3 is 12.2 Å². The van der Waals surface area contributed by atoms with Crippen molar-refractivity contribution in [2.24, 2.45) is 0 Å². The molecule has 2 saturated heterocycles. The van der Waals surface area contributed by atoms with Crippen LogP contribution >= 0.6 is 0 Å². The summed E-state index contributed by atoms with van der Waals surface area (Å²) in [5.41, 5.74) is 0.507. The van der Waals surface area contributed by atoms with Gasteiger partial charge in [-0.3, -0.25) is 0 Å². The van der Waals surface area contributed by atoms with Gasteiger partial charge in [0.15, 0.2) is 5.60 Å². The maximum Gasteiger partial charge on any atom is 0.509 e. The predicted octanol–water partition coefficient (Wildman–Crippen LogP) is 3.64. The van der Waals surface area contributed by atoms with E-state index in [1.807, 2.05) is 31.2 Å². The number of ether oxygens (including phenoxy) is 3. The van der Waals surface area contributed by atoms with Gasteiger partial charge < -0.3 is 24.4 Å². The number of benzene rings is 1. The van der Waals surface area contributed by atoms with Crippen LogP contribution in [0.2, 0.25) is 0 Å². The van der Waals surface area contributed by atoms with Crippen molar-refractivity contribution in [2.45, 2.75) is 51.2 Å². The standard InChI is InChI=1S/C20H28N2O5/c1-3-13-25-16-7-5-15(6-8-16)17(4-2)21-18(23)22-11-9-20(10-12-22)14-26-19(24)27-20/h5-8,17H,3-4,9-14H2,1-2H3,(H,21,23)/t17-/m0/s1. The van der Waals surface area contributed by atoms with E-state index in [1.165, 1.54) is 0 Å². The molecular weight excluding hydrogens is 348 g/mol. The van der Waals surface area contributed by atoms with Crippen LogP contribution in [-0.2, 0) is 9.47 Å². The molecule has 0 bridgehead atoms. The third-order valence-corrected chi connectivity index (χ3v) is 5.18. The van der Waals surface area contributed by atoms with E-state index in [9.17, 15) is 9.59 Å². The molecule has 1 aromatic carbocycles. The van der Waals surface area contributed by atoms with Crippen LogP contribution in [0.4, 0.5) is 9.59 Å². The molecule has 1 spiro atoms. The highest BCUT2D eigenvalue weighted by Gasteiger charge is 2.45. The Morgan fingerprint density at radius 2 is 1.96 bits per heavy atom. The van der Waals surface area contributed by atoms with Crippen LogP contribution in [0.25, 0.3) is 0 Å². The molecular formula is C20H28N2O5. The molecule has 1 aromatic rings. The number of likely N-dealkylation sites (tertiary alicyclic amines) is 1. The van der Waals surface area contributed by atoms with E-state index in [4.69, 9.17) is 14.2 Å². The third-order valence-electron chi connectivity index (χ3n) is 5.18. The Labute approximate surface area is 160 Å². The summed E-state index contributed by atoms with van der Waals surface area (Å²) >= 11 is 0. The molecule has 2 fully saturated rings. The molecule has 2 aliphatic rings. The summed E-state index contributed by atoms with van der Waals surface area (Å²) in [4.78, 5) is 25.7. The first-order chi connectivity index (χ1) is 13.0. The fourth-order valence-corrected chi connectivity index (χ4v) is 3.47. The van der Waals surface area contributed by atoms with Crippen LogP contribution in [-0.4, -0.2) is 49.0 Å². The Balaban J connectivity index is 1.53. The van der Waals surface area contributed by atoms with Crippen LogP contribution in [0.5, 0.6) is 5.75 Å². The zero-order chi connectivity index (χ0) is 19.3. The van der Waals surface area contributed by atoms with Crippen molar-refractivity contribution in [1.29, 1.82) is 0 Å². The summed E-state index contributed by atoms with van der Waals surface area (Å²) < 4.78 is 15.8. The zero-order valence-corrected chi connectivity index (χ0v) is 16.0. The molecule has 7 heteroatoms. The SMILES string of the molecule is CCCOc1ccc([C@H](CC)NC(=O)N2CCC3(CC2)COC(=O)O3)cc1. The number of urea groups is 1. The Morgan fingerprint density at radius 1 is 1.26 bits per heavy atom. The second-order valence-corrected chi connectivity index (χ2v) is 7.14.